The molecule has 1 fully saturated rings. The molecule has 28 heavy (non-hydrogen) atoms. The lowest BCUT2D eigenvalue weighted by Crippen LogP contribution is -2.30. The van der Waals surface area contributed by atoms with Crippen LogP contribution in [0.1, 0.15) is 58.0 Å². The zero-order valence-corrected chi connectivity index (χ0v) is 17.3. The number of benzene rings is 1. The van der Waals surface area contributed by atoms with Crippen LogP contribution in [0.15, 0.2) is 43.0 Å². The highest BCUT2D eigenvalue weighted by Crippen LogP contribution is 2.41. The molecule has 2 nitrogen and oxygen atoms in total. The molecule has 2 aliphatic rings. The Balaban J connectivity index is 1.29. The fraction of sp³-hybridized carbons (Fsp3) is 0.500. The SMILES string of the molecule is C=CCc1ccc(COC[C@@H]2CCc3cc([C@H]4CC[C@](N)(F)C4)ccc3C2)s1. The van der Waals surface area contributed by atoms with E-state index in [1.54, 1.807) is 0 Å². The van der Waals surface area contributed by atoms with Crippen molar-refractivity contribution in [3.05, 3.63) is 69.4 Å². The average Bonchev–Trinajstić information content (AvgIpc) is 3.27. The van der Waals surface area contributed by atoms with Gasteiger partial charge in [0.1, 0.15) is 0 Å². The second-order valence-electron chi connectivity index (χ2n) is 8.49. The molecular weight excluding hydrogens is 369 g/mol. The van der Waals surface area contributed by atoms with Gasteiger partial charge >= 0.3 is 0 Å². The number of thiophene rings is 1. The summed E-state index contributed by atoms with van der Waals surface area (Å²) in [5, 5.41) is 0. The Morgan fingerprint density at radius 3 is 2.86 bits per heavy atom. The molecule has 3 atom stereocenters. The van der Waals surface area contributed by atoms with Crippen molar-refractivity contribution >= 4 is 11.3 Å². The minimum Gasteiger partial charge on any atom is -0.376 e. The molecule has 0 saturated heterocycles. The van der Waals surface area contributed by atoms with Crippen LogP contribution in [0.5, 0.6) is 0 Å². The maximum absolute atomic E-state index is 14.0. The second-order valence-corrected chi connectivity index (χ2v) is 9.74. The lowest BCUT2D eigenvalue weighted by atomic mass is 9.82. The normalized spacial score (nSPS) is 26.9. The molecule has 0 radical (unpaired) electrons. The Bertz CT molecular complexity index is 828. The summed E-state index contributed by atoms with van der Waals surface area (Å²) in [6.45, 7) is 5.31. The summed E-state index contributed by atoms with van der Waals surface area (Å²) in [6.07, 6.45) is 8.01. The van der Waals surface area contributed by atoms with Gasteiger partial charge in [-0.05, 0) is 79.2 Å². The first-order valence-electron chi connectivity index (χ1n) is 10.4. The van der Waals surface area contributed by atoms with E-state index in [4.69, 9.17) is 10.5 Å². The molecule has 1 saturated carbocycles. The molecule has 4 heteroatoms. The van der Waals surface area contributed by atoms with E-state index in [-0.39, 0.29) is 5.92 Å². The minimum atomic E-state index is -1.47. The van der Waals surface area contributed by atoms with Gasteiger partial charge in [0, 0.05) is 16.2 Å². The zero-order valence-electron chi connectivity index (χ0n) is 16.5. The summed E-state index contributed by atoms with van der Waals surface area (Å²) in [5.41, 5.74) is 9.83. The molecule has 1 aromatic carbocycles. The number of nitrogens with two attached hydrogens (primary N) is 1. The number of ether oxygens (including phenoxy) is 1. The Hall–Kier alpha value is -1.49. The van der Waals surface area contributed by atoms with Crippen molar-refractivity contribution in [3.63, 3.8) is 0 Å². The summed E-state index contributed by atoms with van der Waals surface area (Å²) in [4.78, 5) is 2.64. The summed E-state index contributed by atoms with van der Waals surface area (Å²) >= 11 is 1.81. The van der Waals surface area contributed by atoms with Crippen molar-refractivity contribution in [1.29, 1.82) is 0 Å². The van der Waals surface area contributed by atoms with Crippen LogP contribution in [0.25, 0.3) is 0 Å². The van der Waals surface area contributed by atoms with Crippen LogP contribution < -0.4 is 5.73 Å². The quantitative estimate of drug-likeness (QED) is 0.479. The Kier molecular flexibility index (Phi) is 6.00. The van der Waals surface area contributed by atoms with Crippen LogP contribution >= 0.6 is 11.3 Å². The number of allylic oxidation sites excluding steroid dienone is 1. The molecule has 0 spiro atoms. The number of hydrogen-bond donors (Lipinski definition) is 1. The van der Waals surface area contributed by atoms with Gasteiger partial charge in [0.05, 0.1) is 13.2 Å². The van der Waals surface area contributed by atoms with Crippen LogP contribution in [0.3, 0.4) is 0 Å². The molecule has 0 amide bonds. The summed E-state index contributed by atoms with van der Waals surface area (Å²) in [5.74, 6) is -0.615. The van der Waals surface area contributed by atoms with Crippen molar-refractivity contribution in [1.82, 2.24) is 0 Å². The fourth-order valence-corrected chi connectivity index (χ4v) is 5.59. The average molecular weight is 400 g/mol. The molecule has 2 aliphatic carbocycles. The first-order valence-corrected chi connectivity index (χ1v) is 11.2. The van der Waals surface area contributed by atoms with Crippen molar-refractivity contribution in [2.75, 3.05) is 6.61 Å². The van der Waals surface area contributed by atoms with E-state index in [1.165, 1.54) is 26.4 Å². The smallest absolute Gasteiger partial charge is 0.159 e. The monoisotopic (exact) mass is 399 g/mol. The van der Waals surface area contributed by atoms with Gasteiger partial charge in [-0.2, -0.15) is 0 Å². The highest BCUT2D eigenvalue weighted by molar-refractivity contribution is 7.11. The van der Waals surface area contributed by atoms with Crippen molar-refractivity contribution < 1.29 is 9.13 Å². The number of alkyl halides is 1. The summed E-state index contributed by atoms with van der Waals surface area (Å²) in [6, 6.07) is 11.1. The highest BCUT2D eigenvalue weighted by Gasteiger charge is 2.36. The van der Waals surface area contributed by atoms with Crippen LogP contribution in [0.4, 0.5) is 4.39 Å². The first kappa shape index (κ1) is 19.8. The third kappa shape index (κ3) is 4.73. The van der Waals surface area contributed by atoms with Gasteiger partial charge in [-0.25, -0.2) is 4.39 Å². The van der Waals surface area contributed by atoms with Crippen LogP contribution in [0.2, 0.25) is 0 Å². The number of fused-ring (bicyclic) bond motifs is 1. The predicted octanol–water partition coefficient (Wildman–Crippen LogP) is 5.69. The van der Waals surface area contributed by atoms with Gasteiger partial charge in [-0.3, -0.25) is 5.73 Å². The second kappa shape index (κ2) is 8.48. The van der Waals surface area contributed by atoms with Crippen molar-refractivity contribution in [3.8, 4) is 0 Å². The standard InChI is InChI=1S/C24H30FNOS/c1-2-3-22-8-9-23(28-22)16-27-15-17-4-5-19-13-20(7-6-18(19)12-17)21-10-11-24(25,26)14-21/h2,6-9,13,17,21H,1,3-5,10-12,14-16,26H2/t17-,21+,24-/m1/s1. The summed E-state index contributed by atoms with van der Waals surface area (Å²) < 4.78 is 20.0. The molecule has 2 aromatic rings. The van der Waals surface area contributed by atoms with Crippen molar-refractivity contribution in [2.45, 2.75) is 63.3 Å². The Labute approximate surface area is 171 Å². The molecule has 0 unspecified atom stereocenters. The number of aryl methyl sites for hydroxylation is 1. The maximum Gasteiger partial charge on any atom is 0.159 e. The van der Waals surface area contributed by atoms with Gasteiger partial charge in [-0.1, -0.05) is 24.3 Å². The molecular formula is C24H30FNOS. The van der Waals surface area contributed by atoms with E-state index in [2.05, 4.69) is 36.9 Å². The Morgan fingerprint density at radius 2 is 2.07 bits per heavy atom. The summed E-state index contributed by atoms with van der Waals surface area (Å²) in [7, 11) is 0. The third-order valence-corrected chi connectivity index (χ3v) is 7.27. The Morgan fingerprint density at radius 1 is 1.21 bits per heavy atom. The number of halogens is 1. The van der Waals surface area contributed by atoms with Gasteiger partial charge in [-0.15, -0.1) is 17.9 Å². The highest BCUT2D eigenvalue weighted by atomic mass is 32.1. The van der Waals surface area contributed by atoms with Crippen molar-refractivity contribution in [2.24, 2.45) is 11.7 Å². The largest absolute Gasteiger partial charge is 0.376 e. The lowest BCUT2D eigenvalue weighted by molar-refractivity contribution is 0.0840. The van der Waals surface area contributed by atoms with Gasteiger partial charge < -0.3 is 4.74 Å². The molecule has 0 aliphatic heterocycles. The number of hydrogen-bond acceptors (Lipinski definition) is 3. The van der Waals surface area contributed by atoms with Crippen LogP contribution in [-0.4, -0.2) is 12.4 Å². The number of rotatable bonds is 7. The van der Waals surface area contributed by atoms with E-state index < -0.39 is 5.79 Å². The fourth-order valence-electron chi connectivity index (χ4n) is 4.64. The van der Waals surface area contributed by atoms with E-state index in [1.807, 2.05) is 17.4 Å². The predicted molar refractivity (Wildman–Crippen MR) is 114 cm³/mol. The van der Waals surface area contributed by atoms with Gasteiger partial charge in [0.15, 0.2) is 5.79 Å². The van der Waals surface area contributed by atoms with Crippen LogP contribution in [-0.2, 0) is 30.6 Å². The minimum absolute atomic E-state index is 0.276. The zero-order chi connectivity index (χ0) is 19.6. The first-order chi connectivity index (χ1) is 13.5. The van der Waals surface area contributed by atoms with Crippen LogP contribution in [0, 0.1) is 5.92 Å². The topological polar surface area (TPSA) is 35.2 Å². The molecule has 2 N–H and O–H groups in total. The molecule has 1 aromatic heterocycles. The molecule has 4 rings (SSSR count). The van der Waals surface area contributed by atoms with Gasteiger partial charge in [0.2, 0.25) is 0 Å². The lowest BCUT2D eigenvalue weighted by Gasteiger charge is -2.26. The molecule has 0 bridgehead atoms. The van der Waals surface area contributed by atoms with E-state index in [9.17, 15) is 4.39 Å². The maximum atomic E-state index is 14.0. The molecule has 150 valence electrons. The van der Waals surface area contributed by atoms with E-state index in [0.29, 0.717) is 25.4 Å². The van der Waals surface area contributed by atoms with E-state index in [0.717, 1.165) is 38.7 Å². The molecule has 1 heterocycles. The van der Waals surface area contributed by atoms with Gasteiger partial charge in [0.25, 0.3) is 0 Å². The van der Waals surface area contributed by atoms with E-state index >= 15 is 0 Å². The third-order valence-electron chi connectivity index (χ3n) is 6.19.